The number of nitrogens with zero attached hydrogens (tertiary/aromatic N) is 4. The number of rotatable bonds is 4. The van der Waals surface area contributed by atoms with Crippen molar-refractivity contribution in [3.05, 3.63) is 63.7 Å². The molecule has 2 aromatic heterocycles. The highest BCUT2D eigenvalue weighted by Gasteiger charge is 2.31. The lowest BCUT2D eigenvalue weighted by Gasteiger charge is -2.18. The van der Waals surface area contributed by atoms with Crippen LogP contribution in [0, 0.1) is 6.92 Å². The summed E-state index contributed by atoms with van der Waals surface area (Å²) in [6.45, 7) is 4.69. The Kier molecular flexibility index (Phi) is 5.35. The first-order valence-corrected chi connectivity index (χ1v) is 11.0. The molecule has 2 aromatic carbocycles. The highest BCUT2D eigenvalue weighted by Crippen LogP contribution is 2.34. The number of hydrogen-bond donors (Lipinski definition) is 1. The van der Waals surface area contributed by atoms with Gasteiger partial charge in [0.2, 0.25) is 0 Å². The maximum absolute atomic E-state index is 13.2. The van der Waals surface area contributed by atoms with Crippen molar-refractivity contribution in [1.29, 1.82) is 0 Å². The van der Waals surface area contributed by atoms with Crippen molar-refractivity contribution in [1.82, 2.24) is 19.3 Å². The Morgan fingerprint density at radius 3 is 2.62 bits per heavy atom. The van der Waals surface area contributed by atoms with Gasteiger partial charge in [-0.25, -0.2) is 4.79 Å². The number of nitrogens with one attached hydrogen (secondary N) is 1. The molecule has 1 aliphatic heterocycles. The summed E-state index contributed by atoms with van der Waals surface area (Å²) in [5.41, 5.74) is 1.89. The van der Waals surface area contributed by atoms with Crippen LogP contribution in [0.2, 0.25) is 0 Å². The summed E-state index contributed by atoms with van der Waals surface area (Å²) < 4.78 is 48.4. The Labute approximate surface area is 193 Å². The van der Waals surface area contributed by atoms with Crippen molar-refractivity contribution >= 4 is 27.6 Å². The second-order valence-electron chi connectivity index (χ2n) is 8.74. The smallest absolute Gasteiger partial charge is 0.379 e. The average Bonchev–Trinajstić information content (AvgIpc) is 3.41. The molecule has 0 amide bonds. The molecule has 1 unspecified atom stereocenters. The number of halogens is 3. The lowest BCUT2D eigenvalue weighted by atomic mass is 10.0. The molecule has 4 aromatic rings. The van der Waals surface area contributed by atoms with E-state index in [0.717, 1.165) is 40.4 Å². The summed E-state index contributed by atoms with van der Waals surface area (Å²) >= 11 is 0. The molecule has 1 fully saturated rings. The maximum Gasteiger partial charge on any atom is 0.416 e. The van der Waals surface area contributed by atoms with Gasteiger partial charge in [0, 0.05) is 24.4 Å². The molecule has 3 heterocycles. The molecule has 0 bridgehead atoms. The molecule has 178 valence electrons. The van der Waals surface area contributed by atoms with Crippen molar-refractivity contribution in [3.8, 4) is 0 Å². The van der Waals surface area contributed by atoms with E-state index < -0.39 is 17.8 Å². The van der Waals surface area contributed by atoms with Gasteiger partial charge in [-0.05, 0) is 50.1 Å². The van der Waals surface area contributed by atoms with E-state index in [2.05, 4.69) is 15.5 Å². The van der Waals surface area contributed by atoms with E-state index >= 15 is 0 Å². The van der Waals surface area contributed by atoms with Crippen LogP contribution in [-0.4, -0.2) is 32.5 Å². The molecule has 1 N–H and O–H groups in total. The number of alkyl halides is 3. The minimum absolute atomic E-state index is 0.0509. The van der Waals surface area contributed by atoms with Crippen molar-refractivity contribution in [2.75, 3.05) is 18.5 Å². The Bertz CT molecular complexity index is 1450. The fraction of sp³-hybridized carbons (Fsp3) is 0.375. The monoisotopic (exact) mass is 471 g/mol. The minimum atomic E-state index is -4.42. The van der Waals surface area contributed by atoms with E-state index in [1.54, 1.807) is 29.2 Å². The third-order valence-electron chi connectivity index (χ3n) is 6.51. The number of ether oxygens (including phenoxy) is 1. The first-order valence-electron chi connectivity index (χ1n) is 11.0. The molecule has 0 radical (unpaired) electrons. The molecule has 10 heteroatoms. The first kappa shape index (κ1) is 22.4. The number of aryl methyl sites for hydroxylation is 2. The van der Waals surface area contributed by atoms with Gasteiger partial charge >= 0.3 is 11.9 Å². The molecule has 5 rings (SSSR count). The SMILES string of the molecule is Cc1nnc(N[C@H](C)c2cccc(C(F)(F)F)c2)c2cc3c(cc12)n(C)c(=O)n3C1CCOC1. The molecule has 7 nitrogen and oxygen atoms in total. The molecule has 0 aliphatic carbocycles. The lowest BCUT2D eigenvalue weighted by molar-refractivity contribution is -0.137. The summed E-state index contributed by atoms with van der Waals surface area (Å²) in [5, 5.41) is 13.3. The summed E-state index contributed by atoms with van der Waals surface area (Å²) in [7, 11) is 1.74. The standard InChI is InChI=1S/C24H24F3N5O2/c1-13(15-5-4-6-16(9-15)24(25,26)27)28-22-19-11-21-20(10-18(19)14(2)29-30-22)31(3)23(33)32(21)17-7-8-34-12-17/h4-6,9-11,13,17H,7-8,12H2,1-3H3,(H,28,30)/t13-,17?/m1/s1. The Morgan fingerprint density at radius 1 is 1.15 bits per heavy atom. The second kappa shape index (κ2) is 8.12. The van der Waals surface area contributed by atoms with Gasteiger partial charge in [-0.15, -0.1) is 5.10 Å². The van der Waals surface area contributed by atoms with Crippen LogP contribution in [-0.2, 0) is 18.0 Å². The van der Waals surface area contributed by atoms with Crippen LogP contribution in [0.3, 0.4) is 0 Å². The molecule has 0 spiro atoms. The largest absolute Gasteiger partial charge is 0.416 e. The van der Waals surface area contributed by atoms with E-state index in [0.29, 0.717) is 30.3 Å². The predicted octanol–water partition coefficient (Wildman–Crippen LogP) is 4.74. The normalized spacial score (nSPS) is 17.5. The number of benzene rings is 2. The fourth-order valence-electron chi connectivity index (χ4n) is 4.59. The topological polar surface area (TPSA) is 74.0 Å². The summed E-state index contributed by atoms with van der Waals surface area (Å²) in [4.78, 5) is 13.0. The number of aromatic nitrogens is 4. The third kappa shape index (κ3) is 3.71. The summed E-state index contributed by atoms with van der Waals surface area (Å²) in [6, 6.07) is 8.54. The molecular formula is C24H24F3N5O2. The molecule has 2 atom stereocenters. The van der Waals surface area contributed by atoms with E-state index in [-0.39, 0.29) is 11.7 Å². The number of hydrogen-bond acceptors (Lipinski definition) is 5. The van der Waals surface area contributed by atoms with Gasteiger partial charge in [0.15, 0.2) is 5.82 Å². The zero-order valence-electron chi connectivity index (χ0n) is 19.0. The van der Waals surface area contributed by atoms with Gasteiger partial charge in [-0.2, -0.15) is 18.3 Å². The Hall–Kier alpha value is -3.40. The molecule has 34 heavy (non-hydrogen) atoms. The van der Waals surface area contributed by atoms with E-state index in [1.165, 1.54) is 6.07 Å². The molecule has 1 aliphatic rings. The van der Waals surface area contributed by atoms with Gasteiger partial charge in [-0.1, -0.05) is 12.1 Å². The molecular weight excluding hydrogens is 447 g/mol. The van der Waals surface area contributed by atoms with Crippen LogP contribution < -0.4 is 11.0 Å². The molecule has 1 saturated heterocycles. The van der Waals surface area contributed by atoms with Crippen LogP contribution in [0.1, 0.15) is 42.2 Å². The summed E-state index contributed by atoms with van der Waals surface area (Å²) in [5.74, 6) is 0.443. The highest BCUT2D eigenvalue weighted by atomic mass is 19.4. The lowest BCUT2D eigenvalue weighted by Crippen LogP contribution is -2.26. The maximum atomic E-state index is 13.2. The number of fused-ring (bicyclic) bond motifs is 2. The van der Waals surface area contributed by atoms with Crippen molar-refractivity contribution < 1.29 is 17.9 Å². The van der Waals surface area contributed by atoms with Gasteiger partial charge in [0.1, 0.15) is 0 Å². The number of anilines is 1. The zero-order chi connectivity index (χ0) is 24.2. The first-order chi connectivity index (χ1) is 16.1. The Balaban J connectivity index is 1.62. The summed E-state index contributed by atoms with van der Waals surface area (Å²) in [6.07, 6.45) is -3.67. The van der Waals surface area contributed by atoms with Crippen LogP contribution in [0.5, 0.6) is 0 Å². The van der Waals surface area contributed by atoms with Crippen molar-refractivity contribution in [3.63, 3.8) is 0 Å². The highest BCUT2D eigenvalue weighted by molar-refractivity contribution is 6.01. The second-order valence-corrected chi connectivity index (χ2v) is 8.74. The van der Waals surface area contributed by atoms with Crippen LogP contribution in [0.15, 0.2) is 41.2 Å². The fourth-order valence-corrected chi connectivity index (χ4v) is 4.59. The van der Waals surface area contributed by atoms with Crippen molar-refractivity contribution in [2.24, 2.45) is 7.05 Å². The van der Waals surface area contributed by atoms with E-state index in [1.807, 2.05) is 19.1 Å². The van der Waals surface area contributed by atoms with Crippen LogP contribution >= 0.6 is 0 Å². The quantitative estimate of drug-likeness (QED) is 0.465. The zero-order valence-corrected chi connectivity index (χ0v) is 19.0. The Morgan fingerprint density at radius 2 is 1.91 bits per heavy atom. The van der Waals surface area contributed by atoms with Crippen LogP contribution in [0.4, 0.5) is 19.0 Å². The van der Waals surface area contributed by atoms with Gasteiger partial charge in [-0.3, -0.25) is 9.13 Å². The predicted molar refractivity (Wildman–Crippen MR) is 123 cm³/mol. The van der Waals surface area contributed by atoms with Crippen LogP contribution in [0.25, 0.3) is 21.8 Å². The van der Waals surface area contributed by atoms with E-state index in [4.69, 9.17) is 4.74 Å². The van der Waals surface area contributed by atoms with Gasteiger partial charge < -0.3 is 10.1 Å². The van der Waals surface area contributed by atoms with E-state index in [9.17, 15) is 18.0 Å². The number of imidazole rings is 1. The third-order valence-corrected chi connectivity index (χ3v) is 6.51. The van der Waals surface area contributed by atoms with Gasteiger partial charge in [0.05, 0.1) is 41.0 Å². The molecule has 0 saturated carbocycles. The van der Waals surface area contributed by atoms with Gasteiger partial charge in [0.25, 0.3) is 0 Å². The minimum Gasteiger partial charge on any atom is -0.379 e. The average molecular weight is 471 g/mol. The van der Waals surface area contributed by atoms with Crippen molar-refractivity contribution in [2.45, 2.75) is 38.5 Å².